The molecule has 3 saturated heterocycles. The molecule has 250 valence electrons. The highest BCUT2D eigenvalue weighted by atomic mass is 19.1. The first-order valence-corrected chi connectivity index (χ1v) is 16.5. The number of fused-ring (bicyclic) bond motifs is 5. The first-order valence-electron chi connectivity index (χ1n) is 17.5. The molecule has 3 aliphatic heterocycles. The number of halogens is 5. The maximum Gasteiger partial charge on any atom is 0.319 e. The lowest BCUT2D eigenvalue weighted by molar-refractivity contribution is 0.0649. The molecular weight excluding hydrogens is 629 g/mol. The molecule has 0 bridgehead atoms. The number of pyridine rings is 1. The number of hydrogen-bond donors (Lipinski definition) is 0. The molecule has 0 unspecified atom stereocenters. The number of nitrogens with zero attached hydrogens (tertiary/aromatic N) is 5. The first-order chi connectivity index (χ1) is 24.0. The second kappa shape index (κ2) is 11.0. The van der Waals surface area contributed by atoms with E-state index in [1.165, 1.54) is 18.3 Å². The highest BCUT2D eigenvalue weighted by Crippen LogP contribution is 2.66. The number of benzene rings is 2. The summed E-state index contributed by atoms with van der Waals surface area (Å²) in [6.45, 7) is -1.71. The summed E-state index contributed by atoms with van der Waals surface area (Å²) in [5.74, 6) is -2.53. The van der Waals surface area contributed by atoms with Gasteiger partial charge in [-0.25, -0.2) is 22.0 Å². The minimum atomic E-state index is -3.72. The van der Waals surface area contributed by atoms with Crippen LogP contribution in [-0.2, 0) is 0 Å². The number of ether oxygens (including phenoxy) is 2. The van der Waals surface area contributed by atoms with Crippen LogP contribution < -0.4 is 14.4 Å². The summed E-state index contributed by atoms with van der Waals surface area (Å²) in [5, 5.41) is 0.499. The second-order valence-corrected chi connectivity index (χ2v) is 14.0. The molecule has 0 radical (unpaired) electrons. The normalized spacial score (nSPS) is 29.1. The van der Waals surface area contributed by atoms with Crippen molar-refractivity contribution in [1.82, 2.24) is 19.9 Å². The minimum Gasteiger partial charge on any atom is -0.461 e. The van der Waals surface area contributed by atoms with Crippen LogP contribution in [0.15, 0.2) is 48.4 Å². The monoisotopic (exact) mass is 665 g/mol. The largest absolute Gasteiger partial charge is 0.461 e. The fraction of sp³-hybridized carbons (Fsp3) is 0.472. The zero-order valence-electron chi connectivity index (χ0n) is 28.0. The van der Waals surface area contributed by atoms with Gasteiger partial charge in [-0.15, -0.1) is 0 Å². The van der Waals surface area contributed by atoms with Crippen molar-refractivity contribution in [3.05, 3.63) is 60.1 Å². The maximum absolute atomic E-state index is 17.0. The smallest absolute Gasteiger partial charge is 0.319 e. The molecule has 2 aromatic carbocycles. The molecule has 5 heterocycles. The van der Waals surface area contributed by atoms with Gasteiger partial charge in [0, 0.05) is 36.2 Å². The molecule has 5 fully saturated rings. The van der Waals surface area contributed by atoms with Crippen LogP contribution in [0.3, 0.4) is 0 Å². The third-order valence-corrected chi connectivity index (χ3v) is 11.7. The van der Waals surface area contributed by atoms with E-state index in [2.05, 4.69) is 14.9 Å². The second-order valence-electron chi connectivity index (χ2n) is 14.0. The maximum atomic E-state index is 17.0. The average molecular weight is 666 g/mol. The number of anilines is 1. The summed E-state index contributed by atoms with van der Waals surface area (Å²) < 4.78 is 101. The van der Waals surface area contributed by atoms with Gasteiger partial charge in [0.2, 0.25) is 6.81 Å². The molecule has 12 heteroatoms. The van der Waals surface area contributed by atoms with Gasteiger partial charge in [-0.1, -0.05) is 30.7 Å². The average Bonchev–Trinajstić information content (AvgIpc) is 3.96. The van der Waals surface area contributed by atoms with Gasteiger partial charge in [-0.05, 0) is 67.5 Å². The lowest BCUT2D eigenvalue weighted by Crippen LogP contribution is -2.49. The number of hydrogen-bond acceptors (Lipinski definition) is 7. The van der Waals surface area contributed by atoms with E-state index in [1.807, 2.05) is 4.90 Å². The van der Waals surface area contributed by atoms with Gasteiger partial charge in [0.1, 0.15) is 32.5 Å². The Hall–Kier alpha value is -4.06. The van der Waals surface area contributed by atoms with Crippen molar-refractivity contribution in [3.63, 3.8) is 0 Å². The predicted molar refractivity (Wildman–Crippen MR) is 170 cm³/mol. The van der Waals surface area contributed by atoms with E-state index in [4.69, 9.17) is 17.2 Å². The van der Waals surface area contributed by atoms with Crippen LogP contribution in [0.4, 0.5) is 27.8 Å². The van der Waals surface area contributed by atoms with Crippen molar-refractivity contribution < 1.29 is 34.2 Å². The molecule has 5 aliphatic rings. The molecule has 2 aromatic heterocycles. The number of aromatic nitrogens is 3. The molecule has 48 heavy (non-hydrogen) atoms. The Morgan fingerprint density at radius 2 is 1.94 bits per heavy atom. The number of alkyl halides is 2. The quantitative estimate of drug-likeness (QED) is 0.188. The van der Waals surface area contributed by atoms with Gasteiger partial charge in [0.05, 0.1) is 23.3 Å². The third kappa shape index (κ3) is 4.36. The molecular formula is C36H34F5N5O2. The van der Waals surface area contributed by atoms with Gasteiger partial charge in [0.15, 0.2) is 17.4 Å². The van der Waals surface area contributed by atoms with Crippen LogP contribution >= 0.6 is 0 Å². The highest BCUT2D eigenvalue weighted by molar-refractivity contribution is 6.02. The molecule has 1 spiro atoms. The van der Waals surface area contributed by atoms with Gasteiger partial charge < -0.3 is 14.4 Å². The van der Waals surface area contributed by atoms with Crippen molar-refractivity contribution in [2.75, 3.05) is 38.0 Å². The Labute approximate surface area is 276 Å². The molecule has 4 atom stereocenters. The van der Waals surface area contributed by atoms with Crippen LogP contribution in [0.25, 0.3) is 32.9 Å². The van der Waals surface area contributed by atoms with Gasteiger partial charge in [-0.2, -0.15) is 9.97 Å². The fourth-order valence-corrected chi connectivity index (χ4v) is 9.01. The van der Waals surface area contributed by atoms with Crippen LogP contribution in [0.5, 0.6) is 11.8 Å². The fourth-order valence-electron chi connectivity index (χ4n) is 9.01. The summed E-state index contributed by atoms with van der Waals surface area (Å²) in [6, 6.07) is 6.50. The third-order valence-electron chi connectivity index (χ3n) is 11.7. The lowest BCUT2D eigenvalue weighted by atomic mass is 9.80. The zero-order valence-corrected chi connectivity index (χ0v) is 26.0. The summed E-state index contributed by atoms with van der Waals surface area (Å²) in [4.78, 5) is 17.9. The van der Waals surface area contributed by atoms with Crippen molar-refractivity contribution in [2.45, 2.75) is 62.7 Å². The standard InChI is InChI=1S/C36H34F5N5O2/c37-15-20-14-36(35(9-10-35)11-13-45(36)17-20)18-47-34-43-30-24(33(44-34)46-12-2-1-5-23-27(40)31(23)46)16-42-29(28(30)41)22-6-3-4-21-7-8-25(39)32(26(21)22)48-19-38/h3-4,6-8,15-16,23,27,31H,1-2,5,9-14,17-19H2/b20-15-/t23-,27-,31-,36-/m0/s1/i19D2. The highest BCUT2D eigenvalue weighted by Gasteiger charge is 2.67. The molecule has 9 rings (SSSR count). The summed E-state index contributed by atoms with van der Waals surface area (Å²) >= 11 is 0. The molecule has 4 aromatic rings. The molecule has 2 saturated carbocycles. The van der Waals surface area contributed by atoms with E-state index in [0.29, 0.717) is 42.6 Å². The molecule has 0 amide bonds. The van der Waals surface area contributed by atoms with E-state index >= 15 is 13.2 Å². The number of rotatable bonds is 7. The zero-order chi connectivity index (χ0) is 34.6. The topological polar surface area (TPSA) is 63.6 Å². The molecule has 7 nitrogen and oxygen atoms in total. The Bertz CT molecular complexity index is 2080. The van der Waals surface area contributed by atoms with E-state index in [9.17, 15) is 8.78 Å². The van der Waals surface area contributed by atoms with Crippen LogP contribution in [0, 0.1) is 23.0 Å². The minimum absolute atomic E-state index is 0.00591. The van der Waals surface area contributed by atoms with Gasteiger partial charge in [-0.3, -0.25) is 9.88 Å². The molecule has 2 aliphatic carbocycles. The summed E-state index contributed by atoms with van der Waals surface area (Å²) in [6.07, 6.45) is 6.94. The van der Waals surface area contributed by atoms with Crippen LogP contribution in [0.1, 0.15) is 47.7 Å². The van der Waals surface area contributed by atoms with Crippen molar-refractivity contribution in [2.24, 2.45) is 11.3 Å². The van der Waals surface area contributed by atoms with Crippen LogP contribution in [-0.4, -0.2) is 70.7 Å². The first kappa shape index (κ1) is 27.8. The SMILES string of the molecule is [2H]C([2H])(F)Oc1c(F)ccc2cccc(-c3ncc4c(N5CCCC[C@H]6[C@H](F)[C@H]65)nc(OC[C@]56C/C(=C/F)CN5CCC65CC5)nc4c3F)c12. The predicted octanol–water partition coefficient (Wildman–Crippen LogP) is 7.62. The van der Waals surface area contributed by atoms with Crippen molar-refractivity contribution in [3.8, 4) is 23.0 Å². The van der Waals surface area contributed by atoms with Gasteiger partial charge >= 0.3 is 6.01 Å². The van der Waals surface area contributed by atoms with Crippen molar-refractivity contribution >= 4 is 27.5 Å². The summed E-state index contributed by atoms with van der Waals surface area (Å²) in [5.41, 5.74) is -0.118. The van der Waals surface area contributed by atoms with Crippen LogP contribution in [0.2, 0.25) is 0 Å². The Morgan fingerprint density at radius 3 is 2.75 bits per heavy atom. The van der Waals surface area contributed by atoms with E-state index < -0.39 is 41.9 Å². The Morgan fingerprint density at radius 1 is 1.06 bits per heavy atom. The summed E-state index contributed by atoms with van der Waals surface area (Å²) in [7, 11) is 0. The van der Waals surface area contributed by atoms with E-state index in [1.54, 1.807) is 12.1 Å². The molecule has 0 N–H and O–H groups in total. The van der Waals surface area contributed by atoms with E-state index in [-0.39, 0.29) is 51.5 Å². The Balaban J connectivity index is 1.19. The Kier molecular flexibility index (Phi) is 6.37. The van der Waals surface area contributed by atoms with E-state index in [0.717, 1.165) is 51.1 Å². The van der Waals surface area contributed by atoms with Gasteiger partial charge in [0.25, 0.3) is 0 Å². The van der Waals surface area contributed by atoms with Crippen molar-refractivity contribution in [1.29, 1.82) is 0 Å². The lowest BCUT2D eigenvalue weighted by Gasteiger charge is -2.37.